The molecule has 0 bridgehead atoms. The summed E-state index contributed by atoms with van der Waals surface area (Å²) in [6, 6.07) is 12.1. The Morgan fingerprint density at radius 1 is 1.31 bits per heavy atom. The summed E-state index contributed by atoms with van der Waals surface area (Å²) in [5.41, 5.74) is 0.331. The summed E-state index contributed by atoms with van der Waals surface area (Å²) in [4.78, 5) is 26.3. The first-order valence-corrected chi connectivity index (χ1v) is 9.04. The fourth-order valence-electron chi connectivity index (χ4n) is 3.44. The monoisotopic (exact) mass is 357 g/mol. The van der Waals surface area contributed by atoms with E-state index in [1.165, 1.54) is 7.11 Å². The van der Waals surface area contributed by atoms with Crippen LogP contribution in [0.4, 0.5) is 0 Å². The molecule has 26 heavy (non-hydrogen) atoms. The third-order valence-corrected chi connectivity index (χ3v) is 4.80. The van der Waals surface area contributed by atoms with Crippen LogP contribution >= 0.6 is 0 Å². The number of benzene rings is 1. The summed E-state index contributed by atoms with van der Waals surface area (Å²) in [7, 11) is 1.36. The molecule has 0 radical (unpaired) electrons. The highest BCUT2D eigenvalue weighted by molar-refractivity contribution is 5.79. The van der Waals surface area contributed by atoms with Gasteiger partial charge in [0.1, 0.15) is 5.54 Å². The molecule has 1 aliphatic carbocycles. The molecule has 0 unspecified atom stereocenters. The number of hydrogen-bond acceptors (Lipinski definition) is 5. The number of nitriles is 1. The van der Waals surface area contributed by atoms with Crippen molar-refractivity contribution in [3.8, 4) is 6.07 Å². The van der Waals surface area contributed by atoms with E-state index in [1.807, 2.05) is 35.2 Å². The van der Waals surface area contributed by atoms with Gasteiger partial charge in [-0.3, -0.25) is 14.5 Å². The van der Waals surface area contributed by atoms with Crippen molar-refractivity contribution in [3.05, 3.63) is 35.9 Å². The minimum Gasteiger partial charge on any atom is -0.469 e. The van der Waals surface area contributed by atoms with E-state index in [2.05, 4.69) is 11.4 Å². The lowest BCUT2D eigenvalue weighted by Gasteiger charge is -2.27. The summed E-state index contributed by atoms with van der Waals surface area (Å²) >= 11 is 0. The van der Waals surface area contributed by atoms with E-state index < -0.39 is 5.54 Å². The molecule has 1 aliphatic rings. The van der Waals surface area contributed by atoms with E-state index >= 15 is 0 Å². The van der Waals surface area contributed by atoms with Gasteiger partial charge in [-0.05, 0) is 31.2 Å². The Kier molecular flexibility index (Phi) is 7.16. The van der Waals surface area contributed by atoms with Gasteiger partial charge < -0.3 is 10.1 Å². The van der Waals surface area contributed by atoms with Crippen molar-refractivity contribution in [3.63, 3.8) is 0 Å². The van der Waals surface area contributed by atoms with Crippen LogP contribution in [0.25, 0.3) is 0 Å². The number of amides is 1. The van der Waals surface area contributed by atoms with E-state index in [1.54, 1.807) is 6.92 Å². The van der Waals surface area contributed by atoms with Crippen LogP contribution in [-0.4, -0.2) is 42.5 Å². The fourth-order valence-corrected chi connectivity index (χ4v) is 3.44. The average Bonchev–Trinajstić information content (AvgIpc) is 3.10. The highest BCUT2D eigenvalue weighted by atomic mass is 16.5. The first-order valence-electron chi connectivity index (χ1n) is 9.04. The van der Waals surface area contributed by atoms with E-state index in [9.17, 15) is 14.9 Å². The van der Waals surface area contributed by atoms with Gasteiger partial charge in [-0.2, -0.15) is 5.26 Å². The molecule has 0 aliphatic heterocycles. The molecule has 1 fully saturated rings. The van der Waals surface area contributed by atoms with Crippen LogP contribution in [0.1, 0.15) is 38.2 Å². The first-order chi connectivity index (χ1) is 12.5. The molecular weight excluding hydrogens is 330 g/mol. The summed E-state index contributed by atoms with van der Waals surface area (Å²) < 4.78 is 4.80. The molecule has 0 aromatic heterocycles. The Balaban J connectivity index is 2.03. The summed E-state index contributed by atoms with van der Waals surface area (Å²) in [6.45, 7) is 2.89. The fraction of sp³-hybridized carbons (Fsp3) is 0.550. The zero-order valence-electron chi connectivity index (χ0n) is 15.5. The second-order valence-corrected chi connectivity index (χ2v) is 7.03. The van der Waals surface area contributed by atoms with Gasteiger partial charge in [-0.1, -0.05) is 37.3 Å². The Hall–Kier alpha value is -2.39. The van der Waals surface area contributed by atoms with Crippen LogP contribution in [0.15, 0.2) is 30.3 Å². The van der Waals surface area contributed by atoms with Gasteiger partial charge in [0.2, 0.25) is 5.91 Å². The number of carbonyl (C=O) groups excluding carboxylic acids is 2. The smallest absolute Gasteiger partial charge is 0.309 e. The molecule has 0 heterocycles. The lowest BCUT2D eigenvalue weighted by atomic mass is 10.00. The molecular formula is C20H27N3O3. The molecule has 1 saturated carbocycles. The lowest BCUT2D eigenvalue weighted by Crippen LogP contribution is -2.49. The molecule has 6 heteroatoms. The van der Waals surface area contributed by atoms with Crippen LogP contribution in [0.2, 0.25) is 0 Å². The van der Waals surface area contributed by atoms with Crippen molar-refractivity contribution in [2.45, 2.75) is 44.7 Å². The molecule has 140 valence electrons. The number of hydrogen-bond donors (Lipinski definition) is 1. The molecule has 1 atom stereocenters. The zero-order valence-corrected chi connectivity index (χ0v) is 15.5. The van der Waals surface area contributed by atoms with Crippen molar-refractivity contribution >= 4 is 11.9 Å². The van der Waals surface area contributed by atoms with Gasteiger partial charge in [0.05, 0.1) is 25.6 Å². The van der Waals surface area contributed by atoms with E-state index in [4.69, 9.17) is 4.74 Å². The third kappa shape index (κ3) is 5.57. The SMILES string of the molecule is COC(=O)[C@H](C)CN(CC(=O)NC1(C#N)CCCC1)Cc1ccccc1. The Labute approximate surface area is 155 Å². The predicted octanol–water partition coefficient (Wildman–Crippen LogP) is 2.25. The zero-order chi connectivity index (χ0) is 19.0. The molecule has 1 aromatic rings. The van der Waals surface area contributed by atoms with Crippen LogP contribution < -0.4 is 5.32 Å². The Bertz CT molecular complexity index is 648. The van der Waals surface area contributed by atoms with Crippen molar-refractivity contribution in [1.29, 1.82) is 5.26 Å². The van der Waals surface area contributed by atoms with Crippen LogP contribution in [0.3, 0.4) is 0 Å². The number of esters is 1. The van der Waals surface area contributed by atoms with Gasteiger partial charge >= 0.3 is 5.97 Å². The maximum absolute atomic E-state index is 12.6. The number of nitrogens with one attached hydrogen (secondary N) is 1. The van der Waals surface area contributed by atoms with Gasteiger partial charge in [-0.15, -0.1) is 0 Å². The van der Waals surface area contributed by atoms with Gasteiger partial charge in [0, 0.05) is 13.1 Å². The molecule has 0 spiro atoms. The van der Waals surface area contributed by atoms with E-state index in [0.29, 0.717) is 25.9 Å². The maximum atomic E-state index is 12.6. The standard InChI is InChI=1S/C20H27N3O3/c1-16(19(25)26-2)12-23(13-17-8-4-3-5-9-17)14-18(24)22-20(15-21)10-6-7-11-20/h3-5,8-9,16H,6-7,10-14H2,1-2H3,(H,22,24)/t16-/m1/s1. The molecule has 1 amide bonds. The maximum Gasteiger partial charge on any atom is 0.309 e. The quantitative estimate of drug-likeness (QED) is 0.722. The topological polar surface area (TPSA) is 82.4 Å². The minimum absolute atomic E-state index is 0.139. The molecule has 1 aromatic carbocycles. The van der Waals surface area contributed by atoms with Crippen LogP contribution in [0, 0.1) is 17.2 Å². The first kappa shape index (κ1) is 19.9. The molecule has 0 saturated heterocycles. The predicted molar refractivity (Wildman–Crippen MR) is 97.9 cm³/mol. The summed E-state index contributed by atoms with van der Waals surface area (Å²) in [6.07, 6.45) is 3.32. The minimum atomic E-state index is -0.733. The number of nitrogens with zero attached hydrogens (tertiary/aromatic N) is 2. The normalized spacial score (nSPS) is 16.7. The summed E-state index contributed by atoms with van der Waals surface area (Å²) in [5.74, 6) is -0.817. The average molecular weight is 357 g/mol. The van der Waals surface area contributed by atoms with Crippen molar-refractivity contribution in [2.24, 2.45) is 5.92 Å². The highest BCUT2D eigenvalue weighted by Crippen LogP contribution is 2.28. The highest BCUT2D eigenvalue weighted by Gasteiger charge is 2.35. The largest absolute Gasteiger partial charge is 0.469 e. The Morgan fingerprint density at radius 2 is 1.96 bits per heavy atom. The van der Waals surface area contributed by atoms with Crippen LogP contribution in [-0.2, 0) is 20.9 Å². The van der Waals surface area contributed by atoms with Crippen molar-refractivity contribution in [1.82, 2.24) is 10.2 Å². The summed E-state index contributed by atoms with van der Waals surface area (Å²) in [5, 5.41) is 12.4. The second kappa shape index (κ2) is 9.35. The van der Waals surface area contributed by atoms with Crippen molar-refractivity contribution in [2.75, 3.05) is 20.2 Å². The van der Waals surface area contributed by atoms with Gasteiger partial charge in [0.15, 0.2) is 0 Å². The number of carbonyl (C=O) groups is 2. The Morgan fingerprint density at radius 3 is 2.54 bits per heavy atom. The van der Waals surface area contributed by atoms with E-state index in [-0.39, 0.29) is 24.3 Å². The second-order valence-electron chi connectivity index (χ2n) is 7.03. The third-order valence-electron chi connectivity index (χ3n) is 4.80. The van der Waals surface area contributed by atoms with Crippen LogP contribution in [0.5, 0.6) is 0 Å². The number of rotatable bonds is 8. The van der Waals surface area contributed by atoms with Gasteiger partial charge in [0.25, 0.3) is 0 Å². The van der Waals surface area contributed by atoms with Gasteiger partial charge in [-0.25, -0.2) is 0 Å². The number of ether oxygens (including phenoxy) is 1. The molecule has 1 N–H and O–H groups in total. The lowest BCUT2D eigenvalue weighted by molar-refractivity contribution is -0.146. The van der Waals surface area contributed by atoms with E-state index in [0.717, 1.165) is 18.4 Å². The number of methoxy groups -OCH3 is 1. The molecule has 6 nitrogen and oxygen atoms in total. The molecule has 2 rings (SSSR count). The van der Waals surface area contributed by atoms with Crippen molar-refractivity contribution < 1.29 is 14.3 Å².